The summed E-state index contributed by atoms with van der Waals surface area (Å²) < 4.78 is 35.2. The average molecular weight is 444 g/mol. The number of imidazole rings is 1. The molecule has 1 N–H and O–H groups in total. The lowest BCUT2D eigenvalue weighted by atomic mass is 10.2. The second-order valence-electron chi connectivity index (χ2n) is 7.51. The molecule has 6 nitrogen and oxygen atoms in total. The molecule has 0 fully saturated rings. The van der Waals surface area contributed by atoms with Gasteiger partial charge < -0.3 is 14.3 Å². The molecule has 0 aliphatic carbocycles. The zero-order valence-corrected chi connectivity index (χ0v) is 17.3. The highest BCUT2D eigenvalue weighted by atomic mass is 19.1. The van der Waals surface area contributed by atoms with Crippen LogP contribution in [0.15, 0.2) is 83.9 Å². The van der Waals surface area contributed by atoms with Crippen LogP contribution >= 0.6 is 0 Å². The fourth-order valence-electron chi connectivity index (χ4n) is 3.58. The Hall–Kier alpha value is -4.33. The van der Waals surface area contributed by atoms with E-state index in [2.05, 4.69) is 15.0 Å². The van der Waals surface area contributed by atoms with Gasteiger partial charge in [0.05, 0.1) is 11.9 Å². The molecule has 5 aromatic rings. The Kier molecular flexibility index (Phi) is 5.40. The third-order valence-electron chi connectivity index (χ3n) is 5.17. The first kappa shape index (κ1) is 20.6. The number of H-pyrrole nitrogens is 1. The van der Waals surface area contributed by atoms with Crippen LogP contribution in [-0.2, 0) is 13.2 Å². The number of rotatable bonds is 6. The van der Waals surface area contributed by atoms with Gasteiger partial charge in [0.1, 0.15) is 29.8 Å². The molecule has 33 heavy (non-hydrogen) atoms. The topological polar surface area (TPSA) is 72.8 Å². The lowest BCUT2D eigenvalue weighted by Gasteiger charge is -2.09. The predicted molar refractivity (Wildman–Crippen MR) is 120 cm³/mol. The highest BCUT2D eigenvalue weighted by Gasteiger charge is 2.15. The summed E-state index contributed by atoms with van der Waals surface area (Å²) in [6, 6.07) is 20.4. The van der Waals surface area contributed by atoms with Crippen LogP contribution in [-0.4, -0.2) is 19.5 Å². The molecule has 8 heteroatoms. The zero-order chi connectivity index (χ0) is 22.8. The normalized spacial score (nSPS) is 11.1. The van der Waals surface area contributed by atoms with Crippen LogP contribution in [0, 0.1) is 11.6 Å². The van der Waals surface area contributed by atoms with E-state index in [1.165, 1.54) is 6.33 Å². The summed E-state index contributed by atoms with van der Waals surface area (Å²) in [6.45, 7) is 0.804. The highest BCUT2D eigenvalue weighted by Crippen LogP contribution is 2.21. The monoisotopic (exact) mass is 444 g/mol. The van der Waals surface area contributed by atoms with Gasteiger partial charge in [-0.2, -0.15) is 0 Å². The van der Waals surface area contributed by atoms with Crippen LogP contribution < -0.4 is 10.3 Å². The van der Waals surface area contributed by atoms with E-state index < -0.39 is 17.2 Å². The van der Waals surface area contributed by atoms with Crippen LogP contribution in [0.2, 0.25) is 0 Å². The molecule has 0 saturated heterocycles. The molecule has 0 spiro atoms. The summed E-state index contributed by atoms with van der Waals surface area (Å²) in [6.07, 6.45) is 1.50. The summed E-state index contributed by atoms with van der Waals surface area (Å²) in [4.78, 5) is 23.7. The molecule has 0 amide bonds. The first-order chi connectivity index (χ1) is 16.1. The second-order valence-corrected chi connectivity index (χ2v) is 7.51. The van der Waals surface area contributed by atoms with Crippen molar-refractivity contribution in [3.8, 4) is 17.1 Å². The Balaban J connectivity index is 1.41. The van der Waals surface area contributed by atoms with E-state index in [1.54, 1.807) is 4.57 Å². The number of halogens is 2. The number of aromatic amines is 1. The Morgan fingerprint density at radius 2 is 1.76 bits per heavy atom. The first-order valence-corrected chi connectivity index (χ1v) is 10.2. The van der Waals surface area contributed by atoms with Crippen molar-refractivity contribution in [1.29, 1.82) is 0 Å². The van der Waals surface area contributed by atoms with E-state index in [-0.39, 0.29) is 22.6 Å². The van der Waals surface area contributed by atoms with Crippen LogP contribution in [0.4, 0.5) is 8.78 Å². The Morgan fingerprint density at radius 1 is 0.939 bits per heavy atom. The molecule has 2 aromatic heterocycles. The van der Waals surface area contributed by atoms with Gasteiger partial charge in [-0.15, -0.1) is 0 Å². The fourth-order valence-corrected chi connectivity index (χ4v) is 3.58. The van der Waals surface area contributed by atoms with Crippen molar-refractivity contribution in [1.82, 2.24) is 19.5 Å². The minimum atomic E-state index is -0.689. The number of benzene rings is 3. The maximum atomic E-state index is 14.1. The molecule has 0 aliphatic heterocycles. The van der Waals surface area contributed by atoms with Gasteiger partial charge in [0.15, 0.2) is 11.2 Å². The summed E-state index contributed by atoms with van der Waals surface area (Å²) in [5.41, 5.74) is 1.73. The minimum absolute atomic E-state index is 0.0777. The van der Waals surface area contributed by atoms with Crippen LogP contribution in [0.25, 0.3) is 22.6 Å². The largest absolute Gasteiger partial charge is 0.489 e. The van der Waals surface area contributed by atoms with Gasteiger partial charge >= 0.3 is 0 Å². The first-order valence-electron chi connectivity index (χ1n) is 10.2. The lowest BCUT2D eigenvalue weighted by Crippen LogP contribution is -2.14. The molecule has 0 saturated carbocycles. The van der Waals surface area contributed by atoms with E-state index in [4.69, 9.17) is 4.74 Å². The van der Waals surface area contributed by atoms with Crippen molar-refractivity contribution >= 4 is 11.2 Å². The molecule has 0 bridgehead atoms. The SMILES string of the molecule is O=c1[nH]c(-c2cc(F)ccc2F)nc2ncn(Cc3cccc(OCc4ccccc4)c3)c12. The van der Waals surface area contributed by atoms with Crippen molar-refractivity contribution in [3.63, 3.8) is 0 Å². The number of hydrogen-bond acceptors (Lipinski definition) is 4. The Labute approximate surface area is 187 Å². The average Bonchev–Trinajstić information content (AvgIpc) is 3.23. The quantitative estimate of drug-likeness (QED) is 0.412. The smallest absolute Gasteiger partial charge is 0.277 e. The summed E-state index contributed by atoms with van der Waals surface area (Å²) in [7, 11) is 0. The summed E-state index contributed by atoms with van der Waals surface area (Å²) in [5.74, 6) is -0.692. The standard InChI is InChI=1S/C25H18F2N4O2/c26-18-9-10-21(27)20(12-18)23-29-24-22(25(32)30-23)31(15-28-24)13-17-7-4-8-19(11-17)33-14-16-5-2-1-3-6-16/h1-12,15H,13-14H2,(H,29,30,32). The molecule has 0 radical (unpaired) electrons. The molecule has 0 unspecified atom stereocenters. The number of nitrogens with zero attached hydrogens (tertiary/aromatic N) is 3. The molecule has 0 aliphatic rings. The lowest BCUT2D eigenvalue weighted by molar-refractivity contribution is 0.306. The van der Waals surface area contributed by atoms with Gasteiger partial charge in [-0.25, -0.2) is 18.7 Å². The molecule has 0 atom stereocenters. The number of fused-ring (bicyclic) bond motifs is 1. The van der Waals surface area contributed by atoms with Gasteiger partial charge in [-0.3, -0.25) is 4.79 Å². The number of hydrogen-bond donors (Lipinski definition) is 1. The second kappa shape index (κ2) is 8.66. The molecule has 3 aromatic carbocycles. The predicted octanol–water partition coefficient (Wildman–Crippen LogP) is 4.69. The molecule has 5 rings (SSSR count). The molecule has 164 valence electrons. The van der Waals surface area contributed by atoms with Crippen molar-refractivity contribution in [2.75, 3.05) is 0 Å². The Bertz CT molecular complexity index is 1500. The minimum Gasteiger partial charge on any atom is -0.489 e. The van der Waals surface area contributed by atoms with Gasteiger partial charge in [0.2, 0.25) is 0 Å². The van der Waals surface area contributed by atoms with E-state index in [0.717, 1.165) is 29.3 Å². The third-order valence-corrected chi connectivity index (χ3v) is 5.17. The number of ether oxygens (including phenoxy) is 1. The fraction of sp³-hybridized carbons (Fsp3) is 0.0800. The van der Waals surface area contributed by atoms with Gasteiger partial charge in [-0.1, -0.05) is 42.5 Å². The van der Waals surface area contributed by atoms with Crippen molar-refractivity contribution in [3.05, 3.63) is 112 Å². The van der Waals surface area contributed by atoms with Crippen molar-refractivity contribution < 1.29 is 13.5 Å². The molecule has 2 heterocycles. The number of nitrogens with one attached hydrogen (secondary N) is 1. The van der Waals surface area contributed by atoms with Crippen LogP contribution in [0.5, 0.6) is 5.75 Å². The van der Waals surface area contributed by atoms with Crippen LogP contribution in [0.1, 0.15) is 11.1 Å². The van der Waals surface area contributed by atoms with Crippen molar-refractivity contribution in [2.45, 2.75) is 13.2 Å². The van der Waals surface area contributed by atoms with Crippen LogP contribution in [0.3, 0.4) is 0 Å². The van der Waals surface area contributed by atoms with E-state index in [1.807, 2.05) is 54.6 Å². The van der Waals surface area contributed by atoms with E-state index in [0.29, 0.717) is 18.9 Å². The summed E-state index contributed by atoms with van der Waals surface area (Å²) >= 11 is 0. The molecular weight excluding hydrogens is 426 g/mol. The highest BCUT2D eigenvalue weighted by molar-refractivity contribution is 5.73. The van der Waals surface area contributed by atoms with Crippen molar-refractivity contribution in [2.24, 2.45) is 0 Å². The molecular formula is C25H18F2N4O2. The third kappa shape index (κ3) is 4.36. The number of aromatic nitrogens is 4. The Morgan fingerprint density at radius 3 is 2.61 bits per heavy atom. The maximum Gasteiger partial charge on any atom is 0.277 e. The maximum absolute atomic E-state index is 14.1. The van der Waals surface area contributed by atoms with E-state index >= 15 is 0 Å². The zero-order valence-electron chi connectivity index (χ0n) is 17.3. The van der Waals surface area contributed by atoms with Gasteiger partial charge in [0.25, 0.3) is 5.56 Å². The van der Waals surface area contributed by atoms with E-state index in [9.17, 15) is 13.6 Å². The van der Waals surface area contributed by atoms with Gasteiger partial charge in [0, 0.05) is 6.54 Å². The summed E-state index contributed by atoms with van der Waals surface area (Å²) in [5, 5.41) is 0. The van der Waals surface area contributed by atoms with Gasteiger partial charge in [-0.05, 0) is 41.5 Å².